The van der Waals surface area contributed by atoms with Crippen molar-refractivity contribution in [2.45, 2.75) is 13.2 Å². The van der Waals surface area contributed by atoms with Gasteiger partial charge in [0.2, 0.25) is 0 Å². The first kappa shape index (κ1) is 11.9. The lowest BCUT2D eigenvalue weighted by molar-refractivity contribution is 0.0272. The number of para-hydroxylation sites is 1. The molecule has 0 radical (unpaired) electrons. The van der Waals surface area contributed by atoms with Crippen LogP contribution in [-0.4, -0.2) is 32.5 Å². The smallest absolute Gasteiger partial charge is 0.142 e. The molecule has 1 unspecified atom stereocenters. The van der Waals surface area contributed by atoms with Crippen molar-refractivity contribution < 1.29 is 4.74 Å². The quantitative estimate of drug-likeness (QED) is 0.852. The largest absolute Gasteiger partial charge is 0.356 e. The number of rotatable bonds is 3. The lowest BCUT2D eigenvalue weighted by atomic mass is 10.1. The van der Waals surface area contributed by atoms with Crippen LogP contribution in [-0.2, 0) is 4.74 Å². The summed E-state index contributed by atoms with van der Waals surface area (Å²) in [5, 5.41) is 12.4. The molecule has 0 spiro atoms. The van der Waals surface area contributed by atoms with Crippen LogP contribution in [0.2, 0.25) is 0 Å². The lowest BCUT2D eigenvalue weighted by Crippen LogP contribution is -2.49. The first-order chi connectivity index (χ1) is 8.36. The average Bonchev–Trinajstić information content (AvgIpc) is 2.41. The summed E-state index contributed by atoms with van der Waals surface area (Å²) in [6, 6.07) is 9.88. The molecule has 1 saturated heterocycles. The number of anilines is 1. The Labute approximate surface area is 102 Å². The highest BCUT2D eigenvalue weighted by Crippen LogP contribution is 2.22. The third kappa shape index (κ3) is 2.57. The monoisotopic (exact) mass is 231 g/mol. The molecule has 1 atom stereocenters. The van der Waals surface area contributed by atoms with E-state index < -0.39 is 0 Å². The van der Waals surface area contributed by atoms with E-state index in [1.807, 2.05) is 24.3 Å². The fourth-order valence-electron chi connectivity index (χ4n) is 2.10. The molecule has 0 bridgehead atoms. The summed E-state index contributed by atoms with van der Waals surface area (Å²) in [6.07, 6.45) is 0.0169. The van der Waals surface area contributed by atoms with Crippen LogP contribution in [0.1, 0.15) is 12.5 Å². The van der Waals surface area contributed by atoms with Crippen molar-refractivity contribution in [2.24, 2.45) is 0 Å². The zero-order chi connectivity index (χ0) is 12.1. The fourth-order valence-corrected chi connectivity index (χ4v) is 2.10. The third-order valence-electron chi connectivity index (χ3n) is 2.93. The number of hydrogen-bond donors (Lipinski definition) is 1. The summed E-state index contributed by atoms with van der Waals surface area (Å²) in [4.78, 5) is 2.13. The van der Waals surface area contributed by atoms with Gasteiger partial charge in [-0.2, -0.15) is 5.26 Å². The Kier molecular flexibility index (Phi) is 3.97. The number of ether oxygens (including phenoxy) is 1. The van der Waals surface area contributed by atoms with E-state index in [0.717, 1.165) is 31.9 Å². The summed E-state index contributed by atoms with van der Waals surface area (Å²) in [7, 11) is 0. The van der Waals surface area contributed by atoms with Crippen LogP contribution in [0, 0.1) is 11.3 Å². The van der Waals surface area contributed by atoms with E-state index >= 15 is 0 Å². The van der Waals surface area contributed by atoms with E-state index in [4.69, 9.17) is 10.00 Å². The number of benzene rings is 1. The summed E-state index contributed by atoms with van der Waals surface area (Å²) in [5.74, 6) is 0. The van der Waals surface area contributed by atoms with Crippen LogP contribution < -0.4 is 10.2 Å². The predicted octanol–water partition coefficient (Wildman–Crippen LogP) is 1.33. The van der Waals surface area contributed by atoms with Crippen LogP contribution >= 0.6 is 0 Å². The number of morpholine rings is 1. The van der Waals surface area contributed by atoms with Gasteiger partial charge in [0.15, 0.2) is 0 Å². The summed E-state index contributed by atoms with van der Waals surface area (Å²) in [6.45, 7) is 5.31. The van der Waals surface area contributed by atoms with Crippen molar-refractivity contribution in [1.82, 2.24) is 5.32 Å². The third-order valence-corrected chi connectivity index (χ3v) is 2.93. The van der Waals surface area contributed by atoms with Crippen LogP contribution in [0.5, 0.6) is 0 Å². The molecule has 1 fully saturated rings. The number of nitriles is 1. The van der Waals surface area contributed by atoms with Crippen LogP contribution in [0.4, 0.5) is 5.69 Å². The van der Waals surface area contributed by atoms with Gasteiger partial charge in [0, 0.05) is 19.6 Å². The second-order valence-electron chi connectivity index (χ2n) is 3.94. The van der Waals surface area contributed by atoms with E-state index in [1.54, 1.807) is 0 Å². The number of nitrogens with zero attached hydrogens (tertiary/aromatic N) is 2. The Balaban J connectivity index is 2.25. The predicted molar refractivity (Wildman–Crippen MR) is 66.8 cm³/mol. The van der Waals surface area contributed by atoms with E-state index in [9.17, 15) is 0 Å². The van der Waals surface area contributed by atoms with Gasteiger partial charge in [0.05, 0.1) is 17.9 Å². The lowest BCUT2D eigenvalue weighted by Gasteiger charge is -2.35. The Morgan fingerprint density at radius 1 is 1.53 bits per heavy atom. The number of likely N-dealkylation sites (N-methyl/N-ethyl adjacent to an activating group) is 1. The molecular weight excluding hydrogens is 214 g/mol. The molecule has 1 heterocycles. The molecule has 0 aromatic heterocycles. The Morgan fingerprint density at radius 2 is 2.35 bits per heavy atom. The van der Waals surface area contributed by atoms with Gasteiger partial charge < -0.3 is 15.0 Å². The Hall–Kier alpha value is -1.57. The first-order valence-electron chi connectivity index (χ1n) is 5.95. The van der Waals surface area contributed by atoms with E-state index in [-0.39, 0.29) is 6.23 Å². The van der Waals surface area contributed by atoms with Crippen molar-refractivity contribution in [3.63, 3.8) is 0 Å². The number of hydrogen-bond acceptors (Lipinski definition) is 4. The van der Waals surface area contributed by atoms with Gasteiger partial charge in [-0.25, -0.2) is 0 Å². The first-order valence-corrected chi connectivity index (χ1v) is 5.95. The molecule has 0 aliphatic carbocycles. The van der Waals surface area contributed by atoms with Crippen LogP contribution in [0.3, 0.4) is 0 Å². The molecule has 1 aliphatic heterocycles. The fraction of sp³-hybridized carbons (Fsp3) is 0.462. The van der Waals surface area contributed by atoms with Crippen molar-refractivity contribution in [2.75, 3.05) is 31.1 Å². The molecule has 0 amide bonds. The SMILES string of the molecule is CCN(c1ccccc1C#N)C1CNCCO1. The Bertz CT molecular complexity index is 407. The average molecular weight is 231 g/mol. The molecule has 1 N–H and O–H groups in total. The van der Waals surface area contributed by atoms with Crippen molar-refractivity contribution >= 4 is 5.69 Å². The molecule has 90 valence electrons. The zero-order valence-electron chi connectivity index (χ0n) is 10.0. The summed E-state index contributed by atoms with van der Waals surface area (Å²) < 4.78 is 5.74. The van der Waals surface area contributed by atoms with Crippen LogP contribution in [0.15, 0.2) is 24.3 Å². The summed E-state index contributed by atoms with van der Waals surface area (Å²) in [5.41, 5.74) is 1.65. The zero-order valence-corrected chi connectivity index (χ0v) is 10.0. The van der Waals surface area contributed by atoms with Gasteiger partial charge in [-0.15, -0.1) is 0 Å². The van der Waals surface area contributed by atoms with E-state index in [0.29, 0.717) is 5.56 Å². The minimum absolute atomic E-state index is 0.0169. The molecule has 1 aromatic rings. The molecule has 0 saturated carbocycles. The highest BCUT2D eigenvalue weighted by Gasteiger charge is 2.22. The maximum atomic E-state index is 9.13. The van der Waals surface area contributed by atoms with E-state index in [2.05, 4.69) is 23.2 Å². The standard InChI is InChI=1S/C13H17N3O/c1-2-16(13-10-15-7-8-17-13)12-6-4-3-5-11(12)9-14/h3-6,13,15H,2,7-8,10H2,1H3. The molecule has 4 heteroatoms. The summed E-state index contributed by atoms with van der Waals surface area (Å²) >= 11 is 0. The highest BCUT2D eigenvalue weighted by atomic mass is 16.5. The normalized spacial score (nSPS) is 19.6. The van der Waals surface area contributed by atoms with Crippen LogP contribution in [0.25, 0.3) is 0 Å². The van der Waals surface area contributed by atoms with Gasteiger partial charge in [0.25, 0.3) is 0 Å². The maximum Gasteiger partial charge on any atom is 0.142 e. The topological polar surface area (TPSA) is 48.3 Å². The second kappa shape index (κ2) is 5.67. The minimum Gasteiger partial charge on any atom is -0.356 e. The minimum atomic E-state index is 0.0169. The van der Waals surface area contributed by atoms with Gasteiger partial charge in [-0.3, -0.25) is 0 Å². The molecule has 17 heavy (non-hydrogen) atoms. The van der Waals surface area contributed by atoms with Crippen molar-refractivity contribution in [3.8, 4) is 6.07 Å². The van der Waals surface area contributed by atoms with E-state index in [1.165, 1.54) is 0 Å². The molecule has 1 aromatic carbocycles. The van der Waals surface area contributed by atoms with Crippen molar-refractivity contribution in [3.05, 3.63) is 29.8 Å². The molecule has 2 rings (SSSR count). The second-order valence-corrected chi connectivity index (χ2v) is 3.94. The van der Waals surface area contributed by atoms with Gasteiger partial charge >= 0.3 is 0 Å². The molecular formula is C13H17N3O. The van der Waals surface area contributed by atoms with Gasteiger partial charge in [0.1, 0.15) is 12.3 Å². The number of nitrogens with one attached hydrogen (secondary N) is 1. The van der Waals surface area contributed by atoms with Gasteiger partial charge in [-0.1, -0.05) is 12.1 Å². The molecule has 1 aliphatic rings. The molecule has 4 nitrogen and oxygen atoms in total. The maximum absolute atomic E-state index is 9.13. The van der Waals surface area contributed by atoms with Gasteiger partial charge in [-0.05, 0) is 19.1 Å². The van der Waals surface area contributed by atoms with Crippen molar-refractivity contribution in [1.29, 1.82) is 5.26 Å². The Morgan fingerprint density at radius 3 is 3.00 bits per heavy atom. The highest BCUT2D eigenvalue weighted by molar-refractivity contribution is 5.59.